The van der Waals surface area contributed by atoms with Crippen LogP contribution in [0.25, 0.3) is 0 Å². The molecule has 0 aromatic carbocycles. The topological polar surface area (TPSA) is 6.48 Å². The third-order valence-corrected chi connectivity index (χ3v) is 24.5. The van der Waals surface area contributed by atoms with Gasteiger partial charge in [-0.25, -0.2) is 0 Å². The molecule has 0 aromatic heterocycles. The van der Waals surface area contributed by atoms with Crippen molar-refractivity contribution in [1.29, 1.82) is 0 Å². The van der Waals surface area contributed by atoms with Crippen LogP contribution in [0.5, 0.6) is 0 Å². The highest BCUT2D eigenvalue weighted by Crippen LogP contribution is 2.59. The molecule has 8 atom stereocenters. The lowest BCUT2D eigenvalue weighted by atomic mass is 9.51. The van der Waals surface area contributed by atoms with Crippen molar-refractivity contribution in [3.05, 3.63) is 0 Å². The number of hydrogen-bond donors (Lipinski definition) is 0. The first-order chi connectivity index (χ1) is 33.8. The molecule has 0 N–H and O–H groups in total. The van der Waals surface area contributed by atoms with Crippen molar-refractivity contribution in [1.82, 2.24) is 9.80 Å². The van der Waals surface area contributed by atoms with Crippen LogP contribution in [0, 0.1) is 81.8 Å². The van der Waals surface area contributed by atoms with E-state index in [4.69, 9.17) is 0 Å². The van der Waals surface area contributed by atoms with E-state index in [0.29, 0.717) is 10.8 Å². The fourth-order valence-corrected chi connectivity index (χ4v) is 20.1. The molecule has 8 unspecified atom stereocenters. The highest BCUT2D eigenvalue weighted by molar-refractivity contribution is 5.12. The fourth-order valence-electron chi connectivity index (χ4n) is 20.1. The zero-order chi connectivity index (χ0) is 48.8. The summed E-state index contributed by atoms with van der Waals surface area (Å²) in [5, 5.41) is 0. The van der Waals surface area contributed by atoms with Gasteiger partial charge in [0.05, 0.1) is 0 Å². The Balaban J connectivity index is 1.06. The molecule has 2 nitrogen and oxygen atoms in total. The average molecular weight is 968 g/mol. The summed E-state index contributed by atoms with van der Waals surface area (Å²) < 4.78 is 0. The minimum atomic E-state index is 0.457. The van der Waals surface area contributed by atoms with E-state index in [1.54, 1.807) is 89.9 Å². The van der Waals surface area contributed by atoms with Crippen molar-refractivity contribution < 1.29 is 0 Å². The second kappa shape index (κ2) is 25.4. The van der Waals surface area contributed by atoms with E-state index in [9.17, 15) is 0 Å². The molecule has 70 heavy (non-hydrogen) atoms. The van der Waals surface area contributed by atoms with Crippen LogP contribution in [0.15, 0.2) is 0 Å². The van der Waals surface area contributed by atoms with Crippen LogP contribution in [0.1, 0.15) is 312 Å². The zero-order valence-corrected chi connectivity index (χ0v) is 48.6. The van der Waals surface area contributed by atoms with Crippen LogP contribution >= 0.6 is 0 Å². The Kier molecular flexibility index (Phi) is 19.8. The molecule has 0 aromatic rings. The van der Waals surface area contributed by atoms with Crippen molar-refractivity contribution in [2.24, 2.45) is 81.8 Å². The van der Waals surface area contributed by atoms with E-state index in [-0.39, 0.29) is 0 Å². The number of unbranched alkanes of at least 4 members (excludes halogenated alkanes) is 2. The van der Waals surface area contributed by atoms with Gasteiger partial charge in [-0.3, -0.25) is 9.80 Å². The quantitative estimate of drug-likeness (QED) is 0.142. The summed E-state index contributed by atoms with van der Waals surface area (Å²) in [6, 6.07) is 5.12. The molecule has 9 aliphatic carbocycles. The molecule has 9 saturated carbocycles. The molecule has 0 bridgehead atoms. The molecule has 0 spiro atoms. The van der Waals surface area contributed by atoms with Crippen LogP contribution in [-0.2, 0) is 0 Å². The Labute approximate surface area is 438 Å². The Bertz CT molecular complexity index is 1360. The van der Waals surface area contributed by atoms with Gasteiger partial charge in [0.2, 0.25) is 0 Å². The lowest BCUT2D eigenvalue weighted by molar-refractivity contribution is -0.160. The molecule has 0 aliphatic heterocycles. The van der Waals surface area contributed by atoms with Gasteiger partial charge < -0.3 is 0 Å². The summed E-state index contributed by atoms with van der Waals surface area (Å²) in [7, 11) is 0. The van der Waals surface area contributed by atoms with Crippen molar-refractivity contribution in [3.63, 3.8) is 0 Å². The van der Waals surface area contributed by atoms with E-state index in [1.165, 1.54) is 167 Å². The first-order valence-electron chi connectivity index (χ1n) is 33.3. The average Bonchev–Trinajstić information content (AvgIpc) is 3.36. The van der Waals surface area contributed by atoms with E-state index in [2.05, 4.69) is 65.2 Å². The summed E-state index contributed by atoms with van der Waals surface area (Å²) in [6.45, 7) is 20.7. The Morgan fingerprint density at radius 2 is 0.600 bits per heavy atom. The zero-order valence-electron chi connectivity index (χ0n) is 48.6. The summed E-state index contributed by atoms with van der Waals surface area (Å²) in [6.07, 6.45) is 61.1. The van der Waals surface area contributed by atoms with Gasteiger partial charge in [-0.15, -0.1) is 0 Å². The number of nitrogens with zero attached hydrogens (tertiary/aromatic N) is 2. The minimum Gasteiger partial charge on any atom is -0.294 e. The summed E-state index contributed by atoms with van der Waals surface area (Å²) in [5.74, 6) is 11.5. The first-order valence-corrected chi connectivity index (χ1v) is 33.3. The van der Waals surface area contributed by atoms with Crippen LogP contribution in [0.2, 0.25) is 0 Å². The predicted molar refractivity (Wildman–Crippen MR) is 303 cm³/mol. The van der Waals surface area contributed by atoms with E-state index in [1.807, 2.05) is 0 Å². The summed E-state index contributed by atoms with van der Waals surface area (Å²) in [5.41, 5.74) is 0.915. The van der Waals surface area contributed by atoms with E-state index >= 15 is 0 Å². The van der Waals surface area contributed by atoms with Gasteiger partial charge in [0.25, 0.3) is 0 Å². The van der Waals surface area contributed by atoms with Crippen molar-refractivity contribution in [3.8, 4) is 0 Å². The molecular weight excluding hydrogens is 845 g/mol. The van der Waals surface area contributed by atoms with Crippen molar-refractivity contribution >= 4 is 0 Å². The van der Waals surface area contributed by atoms with Crippen molar-refractivity contribution in [2.45, 2.75) is 348 Å². The lowest BCUT2D eigenvalue weighted by Gasteiger charge is -2.65. The molecule has 0 radical (unpaired) electrons. The molecule has 9 aliphatic rings. The van der Waals surface area contributed by atoms with Gasteiger partial charge in [-0.1, -0.05) is 184 Å². The fraction of sp³-hybridized carbons (Fsp3) is 1.00. The van der Waals surface area contributed by atoms with Crippen LogP contribution in [0.4, 0.5) is 0 Å². The first kappa shape index (κ1) is 54.7. The molecule has 9 rings (SSSR count). The standard InChI is InChI=1S/C68H122N2/c1-49-27-37-57(38-28-49)69(59-41-33-55(34-42-59)67(3,4)5)65-61-45-31-54(26-18-16-24-52-21-13-10-14-22-52)48-64(61)66(62-46-32-53(47-63(62)65)25-17-15-23-51-19-11-9-12-20-51)70(58-39-29-50(2)30-40-58)60-43-35-56(36-44-60)68(6,7)8/h49-66H,9-48H2,1-8H3. The highest BCUT2D eigenvalue weighted by Gasteiger charge is 2.59. The smallest absolute Gasteiger partial charge is 0.0164 e. The lowest BCUT2D eigenvalue weighted by Crippen LogP contribution is -2.69. The van der Waals surface area contributed by atoms with Crippen LogP contribution < -0.4 is 0 Å². The normalized spacial score (nSPS) is 41.1. The van der Waals surface area contributed by atoms with Gasteiger partial charge in [0.15, 0.2) is 0 Å². The maximum Gasteiger partial charge on any atom is 0.0164 e. The van der Waals surface area contributed by atoms with Crippen LogP contribution in [0.3, 0.4) is 0 Å². The Morgan fingerprint density at radius 3 is 0.914 bits per heavy atom. The molecule has 0 heterocycles. The molecule has 2 heteroatoms. The SMILES string of the molecule is CC1CCC(N(C2CCC(C(C)(C)C)CC2)C2C3CCC(CCCCC4CCCCC4)CC3C(N(C3CCC(C)CC3)C3CCC(C(C)(C)C)CC3)C3CCC(CCCCC4CCCCC4)CC32)CC1. The highest BCUT2D eigenvalue weighted by atomic mass is 15.3. The minimum absolute atomic E-state index is 0.457. The summed E-state index contributed by atoms with van der Waals surface area (Å²) >= 11 is 0. The summed E-state index contributed by atoms with van der Waals surface area (Å²) in [4.78, 5) is 7.15. The third kappa shape index (κ3) is 13.9. The van der Waals surface area contributed by atoms with Crippen LogP contribution in [-0.4, -0.2) is 46.1 Å². The van der Waals surface area contributed by atoms with Gasteiger partial charge in [-0.05, 0) is 210 Å². The maximum absolute atomic E-state index is 3.58. The number of hydrogen-bond acceptors (Lipinski definition) is 2. The number of rotatable bonds is 16. The molecule has 0 amide bonds. The molecule has 404 valence electrons. The van der Waals surface area contributed by atoms with E-state index in [0.717, 1.165) is 107 Å². The monoisotopic (exact) mass is 967 g/mol. The third-order valence-electron chi connectivity index (χ3n) is 24.5. The second-order valence-corrected chi connectivity index (χ2v) is 31.0. The Hall–Kier alpha value is -0.0800. The van der Waals surface area contributed by atoms with Gasteiger partial charge in [-0.2, -0.15) is 0 Å². The van der Waals surface area contributed by atoms with Gasteiger partial charge in [0, 0.05) is 36.3 Å². The molecule has 9 fully saturated rings. The maximum atomic E-state index is 3.58. The van der Waals surface area contributed by atoms with Gasteiger partial charge in [0.1, 0.15) is 0 Å². The number of fused-ring (bicyclic) bond motifs is 2. The Morgan fingerprint density at radius 1 is 0.300 bits per heavy atom. The largest absolute Gasteiger partial charge is 0.294 e. The van der Waals surface area contributed by atoms with E-state index < -0.39 is 0 Å². The predicted octanol–water partition coefficient (Wildman–Crippen LogP) is 20.1. The molecule has 0 saturated heterocycles. The molecular formula is C68H122N2. The van der Waals surface area contributed by atoms with Gasteiger partial charge >= 0.3 is 0 Å². The second-order valence-electron chi connectivity index (χ2n) is 31.0. The van der Waals surface area contributed by atoms with Crippen molar-refractivity contribution in [2.75, 3.05) is 0 Å².